The van der Waals surface area contributed by atoms with Gasteiger partial charge in [-0.05, 0) is 42.2 Å². The molecule has 0 radical (unpaired) electrons. The van der Waals surface area contributed by atoms with Gasteiger partial charge in [0.1, 0.15) is 6.33 Å². The summed E-state index contributed by atoms with van der Waals surface area (Å²) in [6.45, 7) is 8.35. The predicted octanol–water partition coefficient (Wildman–Crippen LogP) is 3.43. The van der Waals surface area contributed by atoms with Gasteiger partial charge in [0.05, 0.1) is 5.75 Å². The molecule has 0 atom stereocenters. The van der Waals surface area contributed by atoms with Crippen molar-refractivity contribution in [1.82, 2.24) is 25.6 Å². The molecule has 2 amide bonds. The Bertz CT molecular complexity index is 1020. The van der Waals surface area contributed by atoms with Crippen LogP contribution in [0.5, 0.6) is 0 Å². The lowest BCUT2D eigenvalue weighted by atomic mass is 9.87. The molecule has 0 aliphatic heterocycles. The molecular weight excluding hydrogens is 398 g/mol. The first kappa shape index (κ1) is 21.6. The van der Waals surface area contributed by atoms with Crippen molar-refractivity contribution in [2.24, 2.45) is 0 Å². The Labute approximate surface area is 180 Å². The van der Waals surface area contributed by atoms with Crippen LogP contribution >= 0.6 is 11.8 Å². The lowest BCUT2D eigenvalue weighted by Crippen LogP contribution is -2.42. The van der Waals surface area contributed by atoms with Gasteiger partial charge in [0.2, 0.25) is 5.91 Å². The number of carbonyl (C=O) groups is 2. The van der Waals surface area contributed by atoms with Crippen LogP contribution in [0.4, 0.5) is 0 Å². The van der Waals surface area contributed by atoms with E-state index in [4.69, 9.17) is 0 Å². The van der Waals surface area contributed by atoms with Crippen molar-refractivity contribution in [3.05, 3.63) is 71.5 Å². The molecule has 30 heavy (non-hydrogen) atoms. The SMILES string of the molecule is Cc1ccc(-n2cnnc2SCC(=O)NNC(=O)c2ccc(C(C)(C)C)cc2)cc1. The highest BCUT2D eigenvalue weighted by atomic mass is 32.2. The van der Waals surface area contributed by atoms with Crippen molar-refractivity contribution in [2.75, 3.05) is 5.75 Å². The van der Waals surface area contributed by atoms with E-state index in [2.05, 4.69) is 41.8 Å². The first-order valence-corrected chi connectivity index (χ1v) is 10.5. The average Bonchev–Trinajstić information content (AvgIpc) is 3.19. The third kappa shape index (κ3) is 5.48. The number of aromatic nitrogens is 3. The van der Waals surface area contributed by atoms with Crippen LogP contribution in [-0.4, -0.2) is 32.3 Å². The summed E-state index contributed by atoms with van der Waals surface area (Å²) in [5.74, 6) is -0.608. The van der Waals surface area contributed by atoms with Crippen LogP contribution < -0.4 is 10.9 Å². The lowest BCUT2D eigenvalue weighted by Gasteiger charge is -2.19. The second-order valence-electron chi connectivity index (χ2n) is 7.94. The molecule has 0 unspecified atom stereocenters. The van der Waals surface area contributed by atoms with Gasteiger partial charge in [-0.15, -0.1) is 10.2 Å². The zero-order valence-electron chi connectivity index (χ0n) is 17.5. The standard InChI is InChI=1S/C22H25N5O2S/c1-15-5-11-18(12-6-15)27-14-23-26-21(27)30-13-19(28)24-25-20(29)16-7-9-17(10-8-16)22(2,3)4/h5-12,14H,13H2,1-4H3,(H,24,28)(H,25,29). The Morgan fingerprint density at radius 1 is 1.00 bits per heavy atom. The molecule has 0 fully saturated rings. The van der Waals surface area contributed by atoms with E-state index in [9.17, 15) is 9.59 Å². The number of hydrogen-bond acceptors (Lipinski definition) is 5. The van der Waals surface area contributed by atoms with Gasteiger partial charge in [-0.2, -0.15) is 0 Å². The molecule has 1 aromatic heterocycles. The molecule has 1 heterocycles. The third-order valence-corrected chi connectivity index (χ3v) is 5.43. The van der Waals surface area contributed by atoms with Crippen molar-refractivity contribution in [2.45, 2.75) is 38.3 Å². The van der Waals surface area contributed by atoms with Crippen LogP contribution in [0.15, 0.2) is 60.0 Å². The van der Waals surface area contributed by atoms with Crippen LogP contribution in [0.3, 0.4) is 0 Å². The van der Waals surface area contributed by atoms with Gasteiger partial charge in [-0.1, -0.05) is 62.4 Å². The van der Waals surface area contributed by atoms with Crippen LogP contribution in [0.1, 0.15) is 42.3 Å². The van der Waals surface area contributed by atoms with Crippen molar-refractivity contribution in [3.8, 4) is 5.69 Å². The number of thioether (sulfide) groups is 1. The quantitative estimate of drug-likeness (QED) is 0.485. The largest absolute Gasteiger partial charge is 0.277 e. The van der Waals surface area contributed by atoms with Gasteiger partial charge in [-0.3, -0.25) is 25.0 Å². The number of amides is 2. The molecule has 0 saturated carbocycles. The maximum atomic E-state index is 12.3. The molecule has 0 saturated heterocycles. The van der Waals surface area contributed by atoms with E-state index in [1.165, 1.54) is 11.8 Å². The summed E-state index contributed by atoms with van der Waals surface area (Å²) < 4.78 is 1.81. The van der Waals surface area contributed by atoms with E-state index in [0.717, 1.165) is 16.8 Å². The van der Waals surface area contributed by atoms with Gasteiger partial charge in [0.25, 0.3) is 5.91 Å². The fraction of sp³-hybridized carbons (Fsp3) is 0.273. The molecule has 156 valence electrons. The summed E-state index contributed by atoms with van der Waals surface area (Å²) in [5.41, 5.74) is 8.59. The van der Waals surface area contributed by atoms with E-state index >= 15 is 0 Å². The van der Waals surface area contributed by atoms with Gasteiger partial charge < -0.3 is 0 Å². The molecule has 2 N–H and O–H groups in total. The number of carbonyl (C=O) groups excluding carboxylic acids is 2. The molecule has 0 aliphatic carbocycles. The number of benzene rings is 2. The molecule has 0 spiro atoms. The summed E-state index contributed by atoms with van der Waals surface area (Å²) in [7, 11) is 0. The topological polar surface area (TPSA) is 88.9 Å². The summed E-state index contributed by atoms with van der Waals surface area (Å²) in [5, 5.41) is 8.59. The van der Waals surface area contributed by atoms with Crippen LogP contribution in [0.2, 0.25) is 0 Å². The highest BCUT2D eigenvalue weighted by Crippen LogP contribution is 2.22. The maximum Gasteiger partial charge on any atom is 0.269 e. The van der Waals surface area contributed by atoms with E-state index in [-0.39, 0.29) is 23.0 Å². The monoisotopic (exact) mass is 423 g/mol. The van der Waals surface area contributed by atoms with Gasteiger partial charge in [0.15, 0.2) is 5.16 Å². The van der Waals surface area contributed by atoms with E-state index in [1.54, 1.807) is 18.5 Å². The first-order valence-electron chi connectivity index (χ1n) is 9.53. The van der Waals surface area contributed by atoms with Crippen LogP contribution in [0, 0.1) is 6.92 Å². The Kier molecular flexibility index (Phi) is 6.56. The average molecular weight is 424 g/mol. The molecule has 0 bridgehead atoms. The van der Waals surface area contributed by atoms with Gasteiger partial charge in [0, 0.05) is 11.3 Å². The smallest absolute Gasteiger partial charge is 0.269 e. The minimum Gasteiger partial charge on any atom is -0.277 e. The Hall–Kier alpha value is -3.13. The van der Waals surface area contributed by atoms with E-state index in [0.29, 0.717) is 10.7 Å². The molecule has 0 aliphatic rings. The summed E-state index contributed by atoms with van der Waals surface area (Å²) in [4.78, 5) is 24.4. The molecule has 8 heteroatoms. The number of nitrogens with one attached hydrogen (secondary N) is 2. The Morgan fingerprint density at radius 3 is 2.30 bits per heavy atom. The zero-order valence-corrected chi connectivity index (χ0v) is 18.3. The first-order chi connectivity index (χ1) is 14.2. The van der Waals surface area contributed by atoms with Gasteiger partial charge >= 0.3 is 0 Å². The van der Waals surface area contributed by atoms with Crippen LogP contribution in [0.25, 0.3) is 5.69 Å². The number of hydrogen-bond donors (Lipinski definition) is 2. The summed E-state index contributed by atoms with van der Waals surface area (Å²) >= 11 is 1.24. The number of hydrazine groups is 1. The summed E-state index contributed by atoms with van der Waals surface area (Å²) in [6.07, 6.45) is 1.61. The second-order valence-corrected chi connectivity index (χ2v) is 8.88. The third-order valence-electron chi connectivity index (χ3n) is 4.49. The second kappa shape index (κ2) is 9.13. The minimum atomic E-state index is -0.364. The lowest BCUT2D eigenvalue weighted by molar-refractivity contribution is -0.119. The number of rotatable bonds is 5. The van der Waals surface area contributed by atoms with Crippen molar-refractivity contribution < 1.29 is 9.59 Å². The Balaban J connectivity index is 1.52. The Morgan fingerprint density at radius 2 is 1.67 bits per heavy atom. The van der Waals surface area contributed by atoms with Crippen molar-refractivity contribution >= 4 is 23.6 Å². The maximum absolute atomic E-state index is 12.3. The molecule has 2 aromatic carbocycles. The highest BCUT2D eigenvalue weighted by Gasteiger charge is 2.15. The van der Waals surface area contributed by atoms with Crippen molar-refractivity contribution in [3.63, 3.8) is 0 Å². The predicted molar refractivity (Wildman–Crippen MR) is 118 cm³/mol. The number of nitrogens with zero attached hydrogens (tertiary/aromatic N) is 3. The summed E-state index contributed by atoms with van der Waals surface area (Å²) in [6, 6.07) is 15.3. The van der Waals surface area contributed by atoms with Crippen LogP contribution in [-0.2, 0) is 10.2 Å². The number of aryl methyl sites for hydroxylation is 1. The van der Waals surface area contributed by atoms with E-state index in [1.807, 2.05) is 47.9 Å². The molecule has 7 nitrogen and oxygen atoms in total. The fourth-order valence-electron chi connectivity index (χ4n) is 2.69. The van der Waals surface area contributed by atoms with Gasteiger partial charge in [-0.25, -0.2) is 0 Å². The zero-order chi connectivity index (χ0) is 21.7. The molecular formula is C22H25N5O2S. The molecule has 3 aromatic rings. The highest BCUT2D eigenvalue weighted by molar-refractivity contribution is 7.99. The fourth-order valence-corrected chi connectivity index (χ4v) is 3.42. The minimum absolute atomic E-state index is 0.0135. The molecule has 3 rings (SSSR count). The normalized spacial score (nSPS) is 11.2. The van der Waals surface area contributed by atoms with Crippen molar-refractivity contribution in [1.29, 1.82) is 0 Å². The van der Waals surface area contributed by atoms with E-state index < -0.39 is 0 Å².